The topological polar surface area (TPSA) is 79.6 Å². The van der Waals surface area contributed by atoms with Crippen molar-refractivity contribution in [3.05, 3.63) is 65.6 Å². The second-order valence-electron chi connectivity index (χ2n) is 6.62. The Morgan fingerprint density at radius 1 is 1.15 bits per heavy atom. The van der Waals surface area contributed by atoms with E-state index in [1.54, 1.807) is 17.8 Å². The lowest BCUT2D eigenvalue weighted by Crippen LogP contribution is -2.39. The van der Waals surface area contributed by atoms with Crippen molar-refractivity contribution >= 4 is 17.5 Å². The number of nitrogens with one attached hydrogen (secondary N) is 1. The molecule has 1 atom stereocenters. The van der Waals surface area contributed by atoms with Crippen LogP contribution in [0, 0.1) is 0 Å². The van der Waals surface area contributed by atoms with E-state index in [4.69, 9.17) is 0 Å². The van der Waals surface area contributed by atoms with Gasteiger partial charge in [-0.05, 0) is 37.5 Å². The van der Waals surface area contributed by atoms with E-state index in [1.165, 1.54) is 6.20 Å². The largest absolute Gasteiger partial charge is 0.355 e. The maximum absolute atomic E-state index is 13.1. The van der Waals surface area contributed by atoms with E-state index in [-0.39, 0.29) is 17.9 Å². The Kier molecular flexibility index (Phi) is 4.58. The van der Waals surface area contributed by atoms with Crippen molar-refractivity contribution in [3.8, 4) is 0 Å². The third-order valence-corrected chi connectivity index (χ3v) is 5.03. The average Bonchev–Trinajstić information content (AvgIpc) is 3.17. The number of likely N-dealkylation sites (tertiary alicyclic amines) is 1. The Labute approximate surface area is 157 Å². The number of carbonyl (C=O) groups excluding carboxylic acids is 2. The van der Waals surface area contributed by atoms with E-state index >= 15 is 0 Å². The number of carbonyl (C=O) groups is 2. The number of hydrogen-bond donors (Lipinski definition) is 1. The highest BCUT2D eigenvalue weighted by Gasteiger charge is 2.31. The zero-order valence-electron chi connectivity index (χ0n) is 15.1. The van der Waals surface area contributed by atoms with Gasteiger partial charge in [0, 0.05) is 25.4 Å². The van der Waals surface area contributed by atoms with Crippen LogP contribution in [0.15, 0.2) is 48.8 Å². The molecule has 7 heteroatoms. The van der Waals surface area contributed by atoms with Crippen LogP contribution in [0.25, 0.3) is 5.65 Å². The highest BCUT2D eigenvalue weighted by Crippen LogP contribution is 2.32. The lowest BCUT2D eigenvalue weighted by Gasteiger charge is -2.36. The second-order valence-corrected chi connectivity index (χ2v) is 6.62. The summed E-state index contributed by atoms with van der Waals surface area (Å²) in [5, 5.41) is 6.99. The van der Waals surface area contributed by atoms with E-state index in [2.05, 4.69) is 15.4 Å². The molecule has 0 aliphatic carbocycles. The summed E-state index contributed by atoms with van der Waals surface area (Å²) in [6.45, 7) is 0.700. The Hall–Kier alpha value is -3.22. The van der Waals surface area contributed by atoms with Gasteiger partial charge in [0.1, 0.15) is 5.56 Å². The van der Waals surface area contributed by atoms with Crippen LogP contribution in [0.5, 0.6) is 0 Å². The molecule has 0 saturated carbocycles. The molecule has 1 N–H and O–H groups in total. The molecule has 1 aromatic carbocycles. The highest BCUT2D eigenvalue weighted by molar-refractivity contribution is 5.99. The van der Waals surface area contributed by atoms with Crippen LogP contribution in [0.2, 0.25) is 0 Å². The molecule has 1 saturated heterocycles. The first-order valence-electron chi connectivity index (χ1n) is 9.11. The Morgan fingerprint density at radius 3 is 2.74 bits per heavy atom. The first kappa shape index (κ1) is 17.2. The molecule has 0 radical (unpaired) electrons. The van der Waals surface area contributed by atoms with Gasteiger partial charge in [0.25, 0.3) is 11.8 Å². The number of benzene rings is 1. The van der Waals surface area contributed by atoms with Gasteiger partial charge in [-0.1, -0.05) is 18.2 Å². The number of amides is 2. The van der Waals surface area contributed by atoms with Crippen LogP contribution in [-0.4, -0.2) is 44.9 Å². The summed E-state index contributed by atoms with van der Waals surface area (Å²) in [6, 6.07) is 11.1. The van der Waals surface area contributed by atoms with Gasteiger partial charge in [0.15, 0.2) is 5.65 Å². The van der Waals surface area contributed by atoms with Crippen molar-refractivity contribution in [2.24, 2.45) is 0 Å². The zero-order chi connectivity index (χ0) is 18.8. The molecule has 7 nitrogen and oxygen atoms in total. The number of nitrogens with zero attached hydrogens (tertiary/aromatic N) is 4. The lowest BCUT2D eigenvalue weighted by molar-refractivity contribution is 0.0603. The number of rotatable bonds is 3. The monoisotopic (exact) mass is 363 g/mol. The molecule has 1 aliphatic heterocycles. The molecule has 2 amide bonds. The summed E-state index contributed by atoms with van der Waals surface area (Å²) in [5.41, 5.74) is 2.49. The van der Waals surface area contributed by atoms with Crippen molar-refractivity contribution < 1.29 is 9.59 Å². The fourth-order valence-corrected chi connectivity index (χ4v) is 3.69. The molecule has 4 rings (SSSR count). The Morgan fingerprint density at radius 2 is 1.96 bits per heavy atom. The summed E-state index contributed by atoms with van der Waals surface area (Å²) in [5.74, 6) is -0.209. The van der Waals surface area contributed by atoms with Gasteiger partial charge < -0.3 is 10.2 Å². The Balaban J connectivity index is 1.75. The van der Waals surface area contributed by atoms with Crippen LogP contribution in [0.1, 0.15) is 51.7 Å². The third-order valence-electron chi connectivity index (χ3n) is 5.03. The molecule has 0 spiro atoms. The fourth-order valence-electron chi connectivity index (χ4n) is 3.69. The van der Waals surface area contributed by atoms with Crippen molar-refractivity contribution in [1.29, 1.82) is 0 Å². The zero-order valence-corrected chi connectivity index (χ0v) is 15.1. The van der Waals surface area contributed by atoms with E-state index in [9.17, 15) is 9.59 Å². The van der Waals surface area contributed by atoms with Crippen LogP contribution in [0.3, 0.4) is 0 Å². The fraction of sp³-hybridized carbons (Fsp3) is 0.300. The third kappa shape index (κ3) is 3.05. The second kappa shape index (κ2) is 7.19. The minimum atomic E-state index is -0.226. The summed E-state index contributed by atoms with van der Waals surface area (Å²) in [6.07, 6.45) is 6.07. The quantitative estimate of drug-likeness (QED) is 0.775. The van der Waals surface area contributed by atoms with Crippen LogP contribution < -0.4 is 5.32 Å². The van der Waals surface area contributed by atoms with E-state index in [0.717, 1.165) is 25.0 Å². The van der Waals surface area contributed by atoms with Crippen LogP contribution in [0.4, 0.5) is 0 Å². The van der Waals surface area contributed by atoms with Crippen molar-refractivity contribution in [1.82, 2.24) is 24.8 Å². The summed E-state index contributed by atoms with van der Waals surface area (Å²) < 4.78 is 1.69. The van der Waals surface area contributed by atoms with Gasteiger partial charge in [-0.15, -0.1) is 0 Å². The molecular weight excluding hydrogens is 342 g/mol. The normalized spacial score (nSPS) is 17.1. The summed E-state index contributed by atoms with van der Waals surface area (Å²) in [4.78, 5) is 31.4. The highest BCUT2D eigenvalue weighted by atomic mass is 16.2. The number of piperidine rings is 1. The molecule has 2 aromatic heterocycles. The van der Waals surface area contributed by atoms with Gasteiger partial charge in [-0.25, -0.2) is 9.50 Å². The van der Waals surface area contributed by atoms with Crippen molar-refractivity contribution in [3.63, 3.8) is 0 Å². The van der Waals surface area contributed by atoms with Crippen LogP contribution in [-0.2, 0) is 0 Å². The van der Waals surface area contributed by atoms with Gasteiger partial charge in [-0.2, -0.15) is 5.10 Å². The van der Waals surface area contributed by atoms with Gasteiger partial charge in [-0.3, -0.25) is 9.59 Å². The standard InChI is InChI=1S/C20H21N5O2/c1-21-19(26)15-13-23-25-17(10-11-22-18(15)25)16-9-5-6-12-24(16)20(27)14-7-3-2-4-8-14/h2-4,7-8,10-11,13,16H,5-6,9,12H2,1H3,(H,21,26). The predicted octanol–water partition coefficient (Wildman–Crippen LogP) is 2.46. The smallest absolute Gasteiger partial charge is 0.256 e. The molecule has 1 unspecified atom stereocenters. The minimum absolute atomic E-state index is 0.0175. The molecule has 138 valence electrons. The minimum Gasteiger partial charge on any atom is -0.355 e. The average molecular weight is 363 g/mol. The number of hydrogen-bond acceptors (Lipinski definition) is 4. The van der Waals surface area contributed by atoms with E-state index in [0.29, 0.717) is 23.3 Å². The number of fused-ring (bicyclic) bond motifs is 1. The molecule has 1 fully saturated rings. The predicted molar refractivity (Wildman–Crippen MR) is 100 cm³/mol. The van der Waals surface area contributed by atoms with Crippen molar-refractivity contribution in [2.75, 3.05) is 13.6 Å². The van der Waals surface area contributed by atoms with Crippen molar-refractivity contribution in [2.45, 2.75) is 25.3 Å². The maximum atomic E-state index is 13.1. The SMILES string of the molecule is CNC(=O)c1cnn2c(C3CCCCN3C(=O)c3ccccc3)ccnc12. The Bertz CT molecular complexity index is 982. The first-order chi connectivity index (χ1) is 13.2. The first-order valence-corrected chi connectivity index (χ1v) is 9.11. The van der Waals surface area contributed by atoms with Gasteiger partial charge in [0.05, 0.1) is 17.9 Å². The molecule has 3 heterocycles. The van der Waals surface area contributed by atoms with Gasteiger partial charge >= 0.3 is 0 Å². The van der Waals surface area contributed by atoms with E-state index in [1.807, 2.05) is 41.3 Å². The van der Waals surface area contributed by atoms with Crippen LogP contribution >= 0.6 is 0 Å². The molecule has 3 aromatic rings. The molecule has 0 bridgehead atoms. The summed E-state index contributed by atoms with van der Waals surface area (Å²) in [7, 11) is 1.58. The van der Waals surface area contributed by atoms with E-state index < -0.39 is 0 Å². The molecule has 1 aliphatic rings. The maximum Gasteiger partial charge on any atom is 0.256 e. The van der Waals surface area contributed by atoms with Gasteiger partial charge in [0.2, 0.25) is 0 Å². The number of aromatic nitrogens is 3. The molecule has 27 heavy (non-hydrogen) atoms. The molecular formula is C20H21N5O2. The summed E-state index contributed by atoms with van der Waals surface area (Å²) >= 11 is 0. The lowest BCUT2D eigenvalue weighted by atomic mass is 9.97.